The Kier molecular flexibility index (Phi) is 6.48. The van der Waals surface area contributed by atoms with E-state index in [9.17, 15) is 4.79 Å². The van der Waals surface area contributed by atoms with Gasteiger partial charge in [-0.3, -0.25) is 4.79 Å². The second-order valence-corrected chi connectivity index (χ2v) is 7.82. The molecule has 1 heterocycles. The number of hydrogen-bond donors (Lipinski definition) is 1. The molecule has 140 valence electrons. The molecule has 1 aromatic heterocycles. The second-order valence-electron chi connectivity index (χ2n) is 7.82. The van der Waals surface area contributed by atoms with E-state index in [1.165, 1.54) is 24.8 Å². The zero-order chi connectivity index (χ0) is 18.4. The lowest BCUT2D eigenvalue weighted by Gasteiger charge is -2.22. The van der Waals surface area contributed by atoms with Crippen LogP contribution < -0.4 is 5.32 Å². The number of nitrogens with one attached hydrogen (secondary N) is 1. The summed E-state index contributed by atoms with van der Waals surface area (Å²) >= 11 is 0. The average molecular weight is 354 g/mol. The first-order valence-corrected chi connectivity index (χ1v) is 9.93. The van der Waals surface area contributed by atoms with E-state index in [1.54, 1.807) is 6.20 Å². The molecular formula is C22H30N2O2. The normalized spacial score (nSPS) is 15.3. The molecular weight excluding hydrogens is 324 g/mol. The van der Waals surface area contributed by atoms with Crippen LogP contribution in [0.1, 0.15) is 63.8 Å². The highest BCUT2D eigenvalue weighted by Crippen LogP contribution is 2.22. The Hall–Kier alpha value is -2.10. The molecule has 1 saturated carbocycles. The number of carbonyl (C=O) groups excluding carboxylic acids is 1. The minimum atomic E-state index is 0.106. The molecule has 0 aliphatic heterocycles. The van der Waals surface area contributed by atoms with Gasteiger partial charge in [-0.2, -0.15) is 0 Å². The van der Waals surface area contributed by atoms with Gasteiger partial charge >= 0.3 is 0 Å². The van der Waals surface area contributed by atoms with Gasteiger partial charge in [0.15, 0.2) is 11.7 Å². The van der Waals surface area contributed by atoms with Crippen molar-refractivity contribution in [3.63, 3.8) is 0 Å². The number of amides is 1. The van der Waals surface area contributed by atoms with E-state index in [4.69, 9.17) is 4.42 Å². The van der Waals surface area contributed by atoms with E-state index in [1.807, 2.05) is 0 Å². The Balaban J connectivity index is 1.50. The Morgan fingerprint density at radius 1 is 1.19 bits per heavy atom. The van der Waals surface area contributed by atoms with Crippen molar-refractivity contribution in [2.24, 2.45) is 5.92 Å². The number of aromatic nitrogens is 1. The smallest absolute Gasteiger partial charge is 0.220 e. The van der Waals surface area contributed by atoms with Gasteiger partial charge in [0.25, 0.3) is 0 Å². The van der Waals surface area contributed by atoms with E-state index in [-0.39, 0.29) is 5.91 Å². The molecule has 0 radical (unpaired) electrons. The fourth-order valence-corrected chi connectivity index (χ4v) is 3.60. The summed E-state index contributed by atoms with van der Waals surface area (Å²) in [4.78, 5) is 16.4. The summed E-state index contributed by atoms with van der Waals surface area (Å²) in [6.07, 6.45) is 9.79. The van der Waals surface area contributed by atoms with E-state index in [0.717, 1.165) is 30.6 Å². The number of carbonyl (C=O) groups is 1. The van der Waals surface area contributed by atoms with Crippen molar-refractivity contribution in [3.8, 4) is 11.3 Å². The first-order chi connectivity index (χ1) is 12.6. The molecule has 26 heavy (non-hydrogen) atoms. The summed E-state index contributed by atoms with van der Waals surface area (Å²) < 4.78 is 5.84. The van der Waals surface area contributed by atoms with E-state index in [2.05, 4.69) is 48.4 Å². The summed E-state index contributed by atoms with van der Waals surface area (Å²) in [5.41, 5.74) is 2.37. The minimum Gasteiger partial charge on any atom is -0.441 e. The van der Waals surface area contributed by atoms with Crippen LogP contribution in [0.25, 0.3) is 11.3 Å². The second kappa shape index (κ2) is 9.02. The summed E-state index contributed by atoms with van der Waals surface area (Å²) in [6.45, 7) is 4.45. The highest BCUT2D eigenvalue weighted by Gasteiger charge is 2.16. The molecule has 2 aromatic rings. The lowest BCUT2D eigenvalue weighted by Crippen LogP contribution is -2.36. The third kappa shape index (κ3) is 5.45. The van der Waals surface area contributed by atoms with Crippen molar-refractivity contribution in [2.45, 2.75) is 71.3 Å². The van der Waals surface area contributed by atoms with Gasteiger partial charge in [0.2, 0.25) is 5.91 Å². The number of benzene rings is 1. The molecule has 1 fully saturated rings. The average Bonchev–Trinajstić information content (AvgIpc) is 3.10. The molecule has 0 bridgehead atoms. The highest BCUT2D eigenvalue weighted by molar-refractivity contribution is 5.76. The lowest BCUT2D eigenvalue weighted by molar-refractivity contribution is -0.122. The summed E-state index contributed by atoms with van der Waals surface area (Å²) in [7, 11) is 0. The number of oxazole rings is 1. The van der Waals surface area contributed by atoms with Crippen molar-refractivity contribution in [1.29, 1.82) is 0 Å². The Bertz CT molecular complexity index is 697. The first kappa shape index (κ1) is 18.7. The molecule has 1 amide bonds. The number of rotatable bonds is 7. The van der Waals surface area contributed by atoms with Crippen LogP contribution in [-0.4, -0.2) is 16.9 Å². The SMILES string of the molecule is CC(C)Cc1ccc(-c2cnc(CCC(=O)NC3CCCCC3)o2)cc1. The monoisotopic (exact) mass is 354 g/mol. The molecule has 1 N–H and O–H groups in total. The van der Waals surface area contributed by atoms with Crippen LogP contribution in [0, 0.1) is 5.92 Å². The Labute approximate surface area is 156 Å². The van der Waals surface area contributed by atoms with Crippen molar-refractivity contribution in [2.75, 3.05) is 0 Å². The van der Waals surface area contributed by atoms with Crippen LogP contribution in [0.2, 0.25) is 0 Å². The zero-order valence-electron chi connectivity index (χ0n) is 16.0. The standard InChI is InChI=1S/C22H30N2O2/c1-16(2)14-17-8-10-18(11-9-17)20-15-23-22(26-20)13-12-21(25)24-19-6-4-3-5-7-19/h8-11,15-16,19H,3-7,12-14H2,1-2H3,(H,24,25). The molecule has 1 aliphatic carbocycles. The van der Waals surface area contributed by atoms with Crippen LogP contribution in [0.15, 0.2) is 34.9 Å². The fraction of sp³-hybridized carbons (Fsp3) is 0.545. The molecule has 0 atom stereocenters. The van der Waals surface area contributed by atoms with Gasteiger partial charge in [-0.25, -0.2) is 4.98 Å². The predicted molar refractivity (Wildman–Crippen MR) is 104 cm³/mol. The molecule has 0 spiro atoms. The van der Waals surface area contributed by atoms with Gasteiger partial charge < -0.3 is 9.73 Å². The van der Waals surface area contributed by atoms with Crippen LogP contribution in [-0.2, 0) is 17.6 Å². The van der Waals surface area contributed by atoms with Crippen LogP contribution in [0.5, 0.6) is 0 Å². The van der Waals surface area contributed by atoms with Crippen molar-refractivity contribution in [1.82, 2.24) is 10.3 Å². The third-order valence-corrected chi connectivity index (χ3v) is 4.97. The molecule has 1 aromatic carbocycles. The summed E-state index contributed by atoms with van der Waals surface area (Å²) in [5, 5.41) is 3.14. The van der Waals surface area contributed by atoms with Crippen LogP contribution in [0.4, 0.5) is 0 Å². The molecule has 0 saturated heterocycles. The lowest BCUT2D eigenvalue weighted by atomic mass is 9.95. The maximum Gasteiger partial charge on any atom is 0.220 e. The first-order valence-electron chi connectivity index (χ1n) is 9.93. The van der Waals surface area contributed by atoms with Gasteiger partial charge in [0.1, 0.15) is 0 Å². The fourth-order valence-electron chi connectivity index (χ4n) is 3.60. The van der Waals surface area contributed by atoms with E-state index >= 15 is 0 Å². The molecule has 0 unspecified atom stereocenters. The van der Waals surface area contributed by atoms with Gasteiger partial charge in [-0.1, -0.05) is 57.4 Å². The van der Waals surface area contributed by atoms with Gasteiger partial charge in [0.05, 0.1) is 6.20 Å². The number of hydrogen-bond acceptors (Lipinski definition) is 3. The molecule has 4 nitrogen and oxygen atoms in total. The minimum absolute atomic E-state index is 0.106. The summed E-state index contributed by atoms with van der Waals surface area (Å²) in [6, 6.07) is 8.82. The quantitative estimate of drug-likeness (QED) is 0.767. The third-order valence-electron chi connectivity index (χ3n) is 4.97. The number of nitrogens with zero attached hydrogens (tertiary/aromatic N) is 1. The van der Waals surface area contributed by atoms with E-state index < -0.39 is 0 Å². The largest absolute Gasteiger partial charge is 0.441 e. The van der Waals surface area contributed by atoms with Crippen LogP contribution >= 0.6 is 0 Å². The van der Waals surface area contributed by atoms with E-state index in [0.29, 0.717) is 30.7 Å². The summed E-state index contributed by atoms with van der Waals surface area (Å²) in [5.74, 6) is 2.15. The number of aryl methyl sites for hydroxylation is 1. The van der Waals surface area contributed by atoms with Gasteiger partial charge in [0, 0.05) is 24.4 Å². The van der Waals surface area contributed by atoms with Gasteiger partial charge in [-0.05, 0) is 30.7 Å². The van der Waals surface area contributed by atoms with Gasteiger partial charge in [-0.15, -0.1) is 0 Å². The molecule has 1 aliphatic rings. The highest BCUT2D eigenvalue weighted by atomic mass is 16.4. The maximum absolute atomic E-state index is 12.1. The Morgan fingerprint density at radius 2 is 1.92 bits per heavy atom. The van der Waals surface area contributed by atoms with Crippen molar-refractivity contribution < 1.29 is 9.21 Å². The molecule has 4 heteroatoms. The topological polar surface area (TPSA) is 55.1 Å². The zero-order valence-corrected chi connectivity index (χ0v) is 16.0. The van der Waals surface area contributed by atoms with Crippen LogP contribution in [0.3, 0.4) is 0 Å². The van der Waals surface area contributed by atoms with Crippen molar-refractivity contribution in [3.05, 3.63) is 41.9 Å². The molecule has 3 rings (SSSR count). The maximum atomic E-state index is 12.1. The Morgan fingerprint density at radius 3 is 2.62 bits per heavy atom. The predicted octanol–water partition coefficient (Wildman–Crippen LogP) is 4.92. The van der Waals surface area contributed by atoms with Crippen molar-refractivity contribution >= 4 is 5.91 Å².